The van der Waals surface area contributed by atoms with Gasteiger partial charge in [-0.25, -0.2) is 0 Å². The fourth-order valence-electron chi connectivity index (χ4n) is 0.921. The van der Waals surface area contributed by atoms with Gasteiger partial charge in [0.1, 0.15) is 0 Å². The summed E-state index contributed by atoms with van der Waals surface area (Å²) in [4.78, 5) is 5.16. The Balaban J connectivity index is 3.63. The van der Waals surface area contributed by atoms with Crippen molar-refractivity contribution < 1.29 is 0 Å². The molecule has 0 aliphatic heterocycles. The molecule has 0 radical (unpaired) electrons. The van der Waals surface area contributed by atoms with E-state index in [2.05, 4.69) is 30.7 Å². The topological polar surface area (TPSA) is 0 Å². The van der Waals surface area contributed by atoms with E-state index in [1.165, 1.54) is 12.8 Å². The molecule has 0 aliphatic rings. The zero-order valence-electron chi connectivity index (χ0n) is 8.20. The van der Waals surface area contributed by atoms with Crippen LogP contribution in [0, 0.1) is 0 Å². The number of unbranched alkanes of at least 4 members (excludes halogenated alkanes) is 1. The third kappa shape index (κ3) is 3.84. The average Bonchev–Trinajstić information content (AvgIpc) is 1.84. The van der Waals surface area contributed by atoms with Crippen LogP contribution < -0.4 is 0 Å². The van der Waals surface area contributed by atoms with Crippen LogP contribution in [0.15, 0.2) is 0 Å². The standard InChI is InChI=1S/C4H9.C3H7.2CH3.Sn/c1-3-4-2;1-3-2;;;/h1,3-4H2,2H3;3H,1-2H3;2*1H3;. The van der Waals surface area contributed by atoms with Crippen LogP contribution in [-0.2, 0) is 0 Å². The predicted molar refractivity (Wildman–Crippen MR) is 52.3 cm³/mol. The summed E-state index contributed by atoms with van der Waals surface area (Å²) in [6.07, 6.45) is 2.86. The summed E-state index contributed by atoms with van der Waals surface area (Å²) in [6.45, 7) is 7.11. The second-order valence-electron chi connectivity index (χ2n) is 4.25. The van der Waals surface area contributed by atoms with Crippen LogP contribution in [0.3, 0.4) is 0 Å². The molecule has 0 nitrogen and oxygen atoms in total. The summed E-state index contributed by atoms with van der Waals surface area (Å²) in [5, 5.41) is 0. The van der Waals surface area contributed by atoms with Crippen molar-refractivity contribution in [1.29, 1.82) is 0 Å². The molecule has 0 amide bonds. The molecule has 0 saturated carbocycles. The maximum atomic E-state index is 2.58. The fourth-order valence-corrected chi connectivity index (χ4v) is 6.18. The Morgan fingerprint density at radius 3 is 2.00 bits per heavy atom. The Morgan fingerprint density at radius 1 is 1.20 bits per heavy atom. The molecule has 0 aliphatic carbocycles. The molecule has 0 rings (SSSR count). The fraction of sp³-hybridized carbons (Fsp3) is 1.00. The molecule has 10 heavy (non-hydrogen) atoms. The van der Waals surface area contributed by atoms with Crippen molar-refractivity contribution in [3.63, 3.8) is 0 Å². The van der Waals surface area contributed by atoms with Crippen LogP contribution in [-0.4, -0.2) is 18.4 Å². The van der Waals surface area contributed by atoms with E-state index < -0.39 is 18.4 Å². The SMILES string of the molecule is CCC[CH2][Sn]([CH3])([CH3])[CH](C)C. The monoisotopic (exact) mass is 250 g/mol. The van der Waals surface area contributed by atoms with Crippen molar-refractivity contribution in [3.8, 4) is 0 Å². The molecule has 0 bridgehead atoms. The first-order valence-corrected chi connectivity index (χ1v) is 13.9. The molecule has 0 saturated heterocycles. The van der Waals surface area contributed by atoms with E-state index >= 15 is 0 Å². The first-order valence-electron chi connectivity index (χ1n) is 4.50. The summed E-state index contributed by atoms with van der Waals surface area (Å²) < 4.78 is 2.61. The minimum atomic E-state index is -1.49. The zero-order valence-corrected chi connectivity index (χ0v) is 11.1. The molecule has 0 spiro atoms. The van der Waals surface area contributed by atoms with E-state index in [0.717, 1.165) is 3.93 Å². The Labute approximate surface area is 70.3 Å². The molecule has 0 aromatic carbocycles. The summed E-state index contributed by atoms with van der Waals surface area (Å²) in [5.74, 6) is 0. The van der Waals surface area contributed by atoms with Gasteiger partial charge in [0.25, 0.3) is 0 Å². The molecule has 0 fully saturated rings. The first-order chi connectivity index (χ1) is 4.50. The number of hydrogen-bond donors (Lipinski definition) is 0. The maximum absolute atomic E-state index is 2.58. The van der Waals surface area contributed by atoms with E-state index in [4.69, 9.17) is 0 Å². The van der Waals surface area contributed by atoms with Crippen molar-refractivity contribution in [2.45, 2.75) is 51.9 Å². The van der Waals surface area contributed by atoms with E-state index in [0.29, 0.717) is 0 Å². The van der Waals surface area contributed by atoms with Gasteiger partial charge in [0.2, 0.25) is 0 Å². The third-order valence-electron chi connectivity index (χ3n) is 2.74. The molecule has 0 aromatic heterocycles. The third-order valence-corrected chi connectivity index (χ3v) is 16.3. The van der Waals surface area contributed by atoms with Gasteiger partial charge in [0.05, 0.1) is 0 Å². The molecule has 1 heteroatoms. The van der Waals surface area contributed by atoms with Crippen LogP contribution in [0.25, 0.3) is 0 Å². The van der Waals surface area contributed by atoms with Gasteiger partial charge in [0, 0.05) is 0 Å². The summed E-state index contributed by atoms with van der Waals surface area (Å²) in [6, 6.07) is 0. The van der Waals surface area contributed by atoms with Crippen molar-refractivity contribution >= 4 is 18.4 Å². The number of rotatable bonds is 4. The van der Waals surface area contributed by atoms with E-state index in [9.17, 15) is 0 Å². The van der Waals surface area contributed by atoms with Gasteiger partial charge in [-0.05, 0) is 0 Å². The Kier molecular flexibility index (Phi) is 5.00. The van der Waals surface area contributed by atoms with Crippen molar-refractivity contribution in [3.05, 3.63) is 0 Å². The molecule has 0 aromatic rings. The van der Waals surface area contributed by atoms with Crippen molar-refractivity contribution in [1.82, 2.24) is 0 Å². The average molecular weight is 249 g/mol. The van der Waals surface area contributed by atoms with Gasteiger partial charge in [-0.2, -0.15) is 0 Å². The minimum absolute atomic E-state index is 1.03. The van der Waals surface area contributed by atoms with Gasteiger partial charge in [-0.1, -0.05) is 0 Å². The Bertz CT molecular complexity index is 84.7. The second kappa shape index (κ2) is 4.63. The summed E-state index contributed by atoms with van der Waals surface area (Å²) >= 11 is -1.49. The number of hydrogen-bond acceptors (Lipinski definition) is 0. The van der Waals surface area contributed by atoms with Gasteiger partial charge in [0.15, 0.2) is 0 Å². The Morgan fingerprint density at radius 2 is 1.70 bits per heavy atom. The van der Waals surface area contributed by atoms with Gasteiger partial charge >= 0.3 is 70.2 Å². The van der Waals surface area contributed by atoms with Crippen molar-refractivity contribution in [2.75, 3.05) is 0 Å². The predicted octanol–water partition coefficient (Wildman–Crippen LogP) is 3.90. The van der Waals surface area contributed by atoms with Gasteiger partial charge < -0.3 is 0 Å². The molecule has 0 heterocycles. The van der Waals surface area contributed by atoms with E-state index in [-0.39, 0.29) is 0 Å². The van der Waals surface area contributed by atoms with Gasteiger partial charge in [-0.15, -0.1) is 0 Å². The molecule has 62 valence electrons. The van der Waals surface area contributed by atoms with Crippen LogP contribution in [0.4, 0.5) is 0 Å². The quantitative estimate of drug-likeness (QED) is 0.662. The summed E-state index contributed by atoms with van der Waals surface area (Å²) in [5.41, 5.74) is 0. The first kappa shape index (κ1) is 10.8. The molecular weight excluding hydrogens is 227 g/mol. The van der Waals surface area contributed by atoms with Crippen LogP contribution in [0.5, 0.6) is 0 Å². The Hall–Kier alpha value is 0.799. The van der Waals surface area contributed by atoms with Crippen LogP contribution in [0.1, 0.15) is 33.6 Å². The van der Waals surface area contributed by atoms with E-state index in [1.54, 1.807) is 4.44 Å². The van der Waals surface area contributed by atoms with Gasteiger partial charge in [-0.3, -0.25) is 0 Å². The molecule has 0 atom stereocenters. The van der Waals surface area contributed by atoms with Crippen LogP contribution >= 0.6 is 0 Å². The van der Waals surface area contributed by atoms with E-state index in [1.807, 2.05) is 0 Å². The molecule has 0 unspecified atom stereocenters. The summed E-state index contributed by atoms with van der Waals surface area (Å²) in [7, 11) is 0. The molecular formula is C9H22Sn. The zero-order chi connectivity index (χ0) is 8.20. The van der Waals surface area contributed by atoms with Crippen molar-refractivity contribution in [2.24, 2.45) is 0 Å². The normalized spacial score (nSPS) is 12.6. The van der Waals surface area contributed by atoms with Crippen LogP contribution in [0.2, 0.25) is 18.2 Å². The molecule has 0 N–H and O–H groups in total. The second-order valence-corrected chi connectivity index (χ2v) is 20.3.